The fourth-order valence-corrected chi connectivity index (χ4v) is 4.10. The van der Waals surface area contributed by atoms with Gasteiger partial charge in [0.05, 0.1) is 25.3 Å². The van der Waals surface area contributed by atoms with Crippen LogP contribution in [0.15, 0.2) is 48.5 Å². The van der Waals surface area contributed by atoms with Crippen molar-refractivity contribution in [1.82, 2.24) is 10.6 Å². The van der Waals surface area contributed by atoms with Gasteiger partial charge in [-0.05, 0) is 55.4 Å². The van der Waals surface area contributed by atoms with Gasteiger partial charge < -0.3 is 20.1 Å². The second-order valence-corrected chi connectivity index (χ2v) is 7.72. The van der Waals surface area contributed by atoms with Gasteiger partial charge in [-0.25, -0.2) is 0 Å². The zero-order valence-corrected chi connectivity index (χ0v) is 17.6. The molecule has 1 fully saturated rings. The van der Waals surface area contributed by atoms with Crippen molar-refractivity contribution in [3.8, 4) is 11.5 Å². The van der Waals surface area contributed by atoms with Gasteiger partial charge in [0.2, 0.25) is 0 Å². The normalized spacial score (nSPS) is 18.3. The third-order valence-electron chi connectivity index (χ3n) is 5.70. The zero-order valence-electron chi connectivity index (χ0n) is 17.6. The van der Waals surface area contributed by atoms with Crippen LogP contribution in [-0.2, 0) is 0 Å². The number of nitrogens with one attached hydrogen (secondary N) is 2. The molecular formula is C24H30N2O4. The number of rotatable bonds is 8. The number of methoxy groups -OCH3 is 2. The minimum atomic E-state index is -0.112. The van der Waals surface area contributed by atoms with Gasteiger partial charge in [-0.15, -0.1) is 0 Å². The lowest BCUT2D eigenvalue weighted by atomic mass is 9.81. The second kappa shape index (κ2) is 10.7. The molecule has 2 aromatic carbocycles. The fourth-order valence-electron chi connectivity index (χ4n) is 4.10. The SMILES string of the molecule is COc1ccccc1C(=O)NC[C@@H]1CCC[C@@H](CNC(=O)c2ccccc2OC)C1. The van der Waals surface area contributed by atoms with Gasteiger partial charge in [0.25, 0.3) is 11.8 Å². The first-order valence-corrected chi connectivity index (χ1v) is 10.4. The van der Waals surface area contributed by atoms with E-state index < -0.39 is 0 Å². The number of ether oxygens (including phenoxy) is 2. The summed E-state index contributed by atoms with van der Waals surface area (Å²) < 4.78 is 10.5. The van der Waals surface area contributed by atoms with E-state index in [1.54, 1.807) is 38.5 Å². The van der Waals surface area contributed by atoms with E-state index in [4.69, 9.17) is 9.47 Å². The minimum Gasteiger partial charge on any atom is -0.496 e. The quantitative estimate of drug-likeness (QED) is 0.696. The van der Waals surface area contributed by atoms with Gasteiger partial charge in [-0.1, -0.05) is 30.7 Å². The lowest BCUT2D eigenvalue weighted by Gasteiger charge is -2.29. The monoisotopic (exact) mass is 410 g/mol. The van der Waals surface area contributed by atoms with Gasteiger partial charge in [0.1, 0.15) is 11.5 Å². The molecule has 2 N–H and O–H groups in total. The molecule has 30 heavy (non-hydrogen) atoms. The van der Waals surface area contributed by atoms with Crippen LogP contribution in [0.2, 0.25) is 0 Å². The molecule has 0 heterocycles. The summed E-state index contributed by atoms with van der Waals surface area (Å²) in [6, 6.07) is 14.5. The van der Waals surface area contributed by atoms with Crippen molar-refractivity contribution < 1.29 is 19.1 Å². The predicted octanol–water partition coefficient (Wildman–Crippen LogP) is 3.67. The highest BCUT2D eigenvalue weighted by Gasteiger charge is 2.24. The van der Waals surface area contributed by atoms with Crippen molar-refractivity contribution in [2.24, 2.45) is 11.8 Å². The molecule has 2 amide bonds. The van der Waals surface area contributed by atoms with Gasteiger partial charge in [0, 0.05) is 13.1 Å². The Hall–Kier alpha value is -3.02. The first-order chi connectivity index (χ1) is 14.6. The van der Waals surface area contributed by atoms with Crippen molar-refractivity contribution in [2.75, 3.05) is 27.3 Å². The Morgan fingerprint density at radius 3 is 1.67 bits per heavy atom. The Labute approximate surface area is 178 Å². The molecule has 1 saturated carbocycles. The van der Waals surface area contributed by atoms with Crippen molar-refractivity contribution in [3.63, 3.8) is 0 Å². The van der Waals surface area contributed by atoms with Crippen LogP contribution in [0, 0.1) is 11.8 Å². The van der Waals surface area contributed by atoms with E-state index in [9.17, 15) is 9.59 Å². The summed E-state index contributed by atoms with van der Waals surface area (Å²) in [4.78, 5) is 25.0. The number of hydrogen-bond acceptors (Lipinski definition) is 4. The average molecular weight is 411 g/mol. The van der Waals surface area contributed by atoms with E-state index in [0.29, 0.717) is 47.6 Å². The number of benzene rings is 2. The summed E-state index contributed by atoms with van der Waals surface area (Å²) in [5.41, 5.74) is 1.10. The van der Waals surface area contributed by atoms with Gasteiger partial charge >= 0.3 is 0 Å². The van der Waals surface area contributed by atoms with E-state index in [0.717, 1.165) is 25.7 Å². The summed E-state index contributed by atoms with van der Waals surface area (Å²) in [5, 5.41) is 6.09. The highest BCUT2D eigenvalue weighted by atomic mass is 16.5. The molecule has 0 spiro atoms. The highest BCUT2D eigenvalue weighted by Crippen LogP contribution is 2.29. The van der Waals surface area contributed by atoms with Crippen molar-refractivity contribution in [2.45, 2.75) is 25.7 Å². The molecule has 1 aliphatic carbocycles. The molecule has 3 rings (SSSR count). The summed E-state index contributed by atoms with van der Waals surface area (Å²) in [6.45, 7) is 1.27. The number of para-hydroxylation sites is 2. The first kappa shape index (κ1) is 21.7. The maximum absolute atomic E-state index is 12.5. The Morgan fingerprint density at radius 1 is 0.800 bits per heavy atom. The fraction of sp³-hybridized carbons (Fsp3) is 0.417. The van der Waals surface area contributed by atoms with Crippen LogP contribution in [0.1, 0.15) is 46.4 Å². The van der Waals surface area contributed by atoms with Crippen LogP contribution in [0.3, 0.4) is 0 Å². The van der Waals surface area contributed by atoms with Crippen LogP contribution in [0.5, 0.6) is 11.5 Å². The summed E-state index contributed by atoms with van der Waals surface area (Å²) >= 11 is 0. The molecule has 6 heteroatoms. The lowest BCUT2D eigenvalue weighted by Crippen LogP contribution is -2.35. The largest absolute Gasteiger partial charge is 0.496 e. The minimum absolute atomic E-state index is 0.112. The summed E-state index contributed by atoms with van der Waals surface area (Å²) in [7, 11) is 3.13. The van der Waals surface area contributed by atoms with Crippen molar-refractivity contribution in [3.05, 3.63) is 59.7 Å². The van der Waals surface area contributed by atoms with Gasteiger partial charge in [0.15, 0.2) is 0 Å². The summed E-state index contributed by atoms with van der Waals surface area (Å²) in [6.07, 6.45) is 4.26. The lowest BCUT2D eigenvalue weighted by molar-refractivity contribution is 0.0932. The molecule has 0 aromatic heterocycles. The average Bonchev–Trinajstić information content (AvgIpc) is 2.81. The molecule has 6 nitrogen and oxygen atoms in total. The molecule has 1 aliphatic rings. The first-order valence-electron chi connectivity index (χ1n) is 10.4. The van der Waals surface area contributed by atoms with E-state index in [2.05, 4.69) is 10.6 Å². The number of carbonyl (C=O) groups is 2. The van der Waals surface area contributed by atoms with Crippen LogP contribution in [0.4, 0.5) is 0 Å². The Balaban J connectivity index is 1.48. The number of carbonyl (C=O) groups excluding carboxylic acids is 2. The Bertz CT molecular complexity index is 798. The zero-order chi connectivity index (χ0) is 21.3. The van der Waals surface area contributed by atoms with Crippen molar-refractivity contribution >= 4 is 11.8 Å². The molecule has 0 bridgehead atoms. The highest BCUT2D eigenvalue weighted by molar-refractivity contribution is 5.97. The van der Waals surface area contributed by atoms with E-state index >= 15 is 0 Å². The summed E-state index contributed by atoms with van der Waals surface area (Å²) in [5.74, 6) is 1.75. The standard InChI is InChI=1S/C24H30N2O4/c1-29-21-12-5-3-10-19(21)23(27)25-15-17-8-7-9-18(14-17)16-26-24(28)20-11-4-6-13-22(20)30-2/h3-6,10-13,17-18H,7-9,14-16H2,1-2H3,(H,25,27)(H,26,28)/t17-,18-/m1/s1. The van der Waals surface area contributed by atoms with Crippen LogP contribution in [-0.4, -0.2) is 39.1 Å². The third kappa shape index (κ3) is 5.53. The van der Waals surface area contributed by atoms with E-state index in [1.807, 2.05) is 24.3 Å². The Kier molecular flexibility index (Phi) is 7.71. The predicted molar refractivity (Wildman–Crippen MR) is 116 cm³/mol. The van der Waals surface area contributed by atoms with Crippen molar-refractivity contribution in [1.29, 1.82) is 0 Å². The molecular weight excluding hydrogens is 380 g/mol. The molecule has 0 unspecified atom stereocenters. The molecule has 2 atom stereocenters. The molecule has 0 aliphatic heterocycles. The number of hydrogen-bond donors (Lipinski definition) is 2. The molecule has 160 valence electrons. The van der Waals surface area contributed by atoms with E-state index in [1.165, 1.54) is 0 Å². The van der Waals surface area contributed by atoms with Crippen LogP contribution in [0.25, 0.3) is 0 Å². The second-order valence-electron chi connectivity index (χ2n) is 7.72. The van der Waals surface area contributed by atoms with E-state index in [-0.39, 0.29) is 11.8 Å². The molecule has 0 saturated heterocycles. The smallest absolute Gasteiger partial charge is 0.255 e. The molecule has 2 aromatic rings. The third-order valence-corrected chi connectivity index (χ3v) is 5.70. The Morgan fingerprint density at radius 2 is 1.23 bits per heavy atom. The van der Waals surface area contributed by atoms with Gasteiger partial charge in [-0.2, -0.15) is 0 Å². The number of amides is 2. The maximum atomic E-state index is 12.5. The topological polar surface area (TPSA) is 76.7 Å². The maximum Gasteiger partial charge on any atom is 0.255 e. The molecule has 0 radical (unpaired) electrons. The van der Waals surface area contributed by atoms with Crippen LogP contribution < -0.4 is 20.1 Å². The van der Waals surface area contributed by atoms with Gasteiger partial charge in [-0.3, -0.25) is 9.59 Å². The van der Waals surface area contributed by atoms with Crippen LogP contribution >= 0.6 is 0 Å².